The number of alkyl halides is 3. The Morgan fingerprint density at radius 2 is 1.94 bits per heavy atom. The van der Waals surface area contributed by atoms with E-state index in [9.17, 15) is 18.0 Å². The Labute approximate surface area is 89.7 Å². The highest BCUT2D eigenvalue weighted by Crippen LogP contribution is 2.40. The van der Waals surface area contributed by atoms with Gasteiger partial charge in [0.05, 0.1) is 5.69 Å². The molecule has 0 saturated carbocycles. The van der Waals surface area contributed by atoms with Gasteiger partial charge in [-0.15, -0.1) is 0 Å². The zero-order valence-electron chi connectivity index (χ0n) is 8.90. The SMILES string of the molecule is CC1(C)Cc2n[nH]c(=O)c(C(F)(F)F)c2C1. The summed E-state index contributed by atoms with van der Waals surface area (Å²) in [5, 5.41) is 5.61. The van der Waals surface area contributed by atoms with Crippen molar-refractivity contribution in [3.05, 3.63) is 27.2 Å². The van der Waals surface area contributed by atoms with Crippen molar-refractivity contribution in [3.8, 4) is 0 Å². The molecule has 1 N–H and O–H groups in total. The molecule has 0 aromatic carbocycles. The summed E-state index contributed by atoms with van der Waals surface area (Å²) in [6.45, 7) is 3.72. The number of nitrogens with one attached hydrogen (secondary N) is 1. The Morgan fingerprint density at radius 1 is 1.31 bits per heavy atom. The van der Waals surface area contributed by atoms with Crippen LogP contribution in [0.2, 0.25) is 0 Å². The van der Waals surface area contributed by atoms with E-state index in [1.54, 1.807) is 0 Å². The van der Waals surface area contributed by atoms with Crippen LogP contribution in [0.1, 0.15) is 30.7 Å². The number of rotatable bonds is 0. The summed E-state index contributed by atoms with van der Waals surface area (Å²) < 4.78 is 38.1. The van der Waals surface area contributed by atoms with Gasteiger partial charge in [-0.1, -0.05) is 13.8 Å². The summed E-state index contributed by atoms with van der Waals surface area (Å²) >= 11 is 0. The second-order valence-corrected chi connectivity index (χ2v) is 4.87. The van der Waals surface area contributed by atoms with E-state index in [1.165, 1.54) is 0 Å². The second-order valence-electron chi connectivity index (χ2n) is 4.87. The van der Waals surface area contributed by atoms with Crippen molar-refractivity contribution in [2.24, 2.45) is 5.41 Å². The van der Waals surface area contributed by atoms with Crippen molar-refractivity contribution < 1.29 is 13.2 Å². The minimum absolute atomic E-state index is 0.0567. The Kier molecular flexibility index (Phi) is 2.15. The van der Waals surface area contributed by atoms with Crippen LogP contribution in [-0.2, 0) is 19.0 Å². The summed E-state index contributed by atoms with van der Waals surface area (Å²) in [4.78, 5) is 11.2. The summed E-state index contributed by atoms with van der Waals surface area (Å²) in [5.74, 6) is 0. The van der Waals surface area contributed by atoms with Gasteiger partial charge in [-0.2, -0.15) is 18.3 Å². The van der Waals surface area contributed by atoms with Crippen molar-refractivity contribution in [1.82, 2.24) is 10.2 Å². The van der Waals surface area contributed by atoms with E-state index in [1.807, 2.05) is 18.9 Å². The number of aromatic amines is 1. The molecule has 0 saturated heterocycles. The van der Waals surface area contributed by atoms with Crippen LogP contribution in [0.3, 0.4) is 0 Å². The van der Waals surface area contributed by atoms with Gasteiger partial charge >= 0.3 is 6.18 Å². The molecule has 0 spiro atoms. The first-order valence-electron chi connectivity index (χ1n) is 4.88. The lowest BCUT2D eigenvalue weighted by atomic mass is 9.90. The Morgan fingerprint density at radius 3 is 2.50 bits per heavy atom. The van der Waals surface area contributed by atoms with Gasteiger partial charge in [0.15, 0.2) is 0 Å². The summed E-state index contributed by atoms with van der Waals surface area (Å²) in [7, 11) is 0. The molecule has 16 heavy (non-hydrogen) atoms. The molecule has 6 heteroatoms. The molecule has 88 valence electrons. The van der Waals surface area contributed by atoms with Gasteiger partial charge in [0, 0.05) is 0 Å². The van der Waals surface area contributed by atoms with Crippen molar-refractivity contribution in [3.63, 3.8) is 0 Å². The topological polar surface area (TPSA) is 45.8 Å². The molecule has 0 fully saturated rings. The first-order chi connectivity index (χ1) is 7.21. The smallest absolute Gasteiger partial charge is 0.267 e. The van der Waals surface area contributed by atoms with E-state index < -0.39 is 17.3 Å². The molecule has 1 aliphatic carbocycles. The van der Waals surface area contributed by atoms with Crippen LogP contribution >= 0.6 is 0 Å². The predicted molar refractivity (Wildman–Crippen MR) is 51.0 cm³/mol. The number of nitrogens with zero attached hydrogens (tertiary/aromatic N) is 1. The zero-order chi connectivity index (χ0) is 12.1. The number of aromatic nitrogens is 2. The van der Waals surface area contributed by atoms with E-state index in [-0.39, 0.29) is 17.4 Å². The van der Waals surface area contributed by atoms with Crippen LogP contribution in [0, 0.1) is 5.41 Å². The molecule has 0 radical (unpaired) electrons. The fourth-order valence-electron chi connectivity index (χ4n) is 2.15. The van der Waals surface area contributed by atoms with Crippen molar-refractivity contribution in [2.45, 2.75) is 32.9 Å². The van der Waals surface area contributed by atoms with Gasteiger partial charge in [0.2, 0.25) is 0 Å². The standard InChI is InChI=1S/C10H11F3N2O/c1-9(2)3-5-6(4-9)14-15-8(16)7(5)10(11,12)13/h3-4H2,1-2H3,(H,15,16). The highest BCUT2D eigenvalue weighted by atomic mass is 19.4. The molecule has 0 bridgehead atoms. The Bertz CT molecular complexity index is 488. The van der Waals surface area contributed by atoms with Crippen LogP contribution in [0.15, 0.2) is 4.79 Å². The summed E-state index contributed by atoms with van der Waals surface area (Å²) in [5.41, 5.74) is -2.08. The molecular weight excluding hydrogens is 221 g/mol. The number of hydrogen-bond donors (Lipinski definition) is 1. The van der Waals surface area contributed by atoms with Gasteiger partial charge in [-0.05, 0) is 23.8 Å². The van der Waals surface area contributed by atoms with Gasteiger partial charge in [0.25, 0.3) is 5.56 Å². The fourth-order valence-corrected chi connectivity index (χ4v) is 2.15. The van der Waals surface area contributed by atoms with Gasteiger partial charge in [0.1, 0.15) is 5.56 Å². The van der Waals surface area contributed by atoms with E-state index >= 15 is 0 Å². The minimum Gasteiger partial charge on any atom is -0.267 e. The van der Waals surface area contributed by atoms with E-state index in [4.69, 9.17) is 0 Å². The Hall–Kier alpha value is -1.33. The van der Waals surface area contributed by atoms with Crippen molar-refractivity contribution in [2.75, 3.05) is 0 Å². The molecule has 2 rings (SSSR count). The van der Waals surface area contributed by atoms with Gasteiger partial charge in [-0.3, -0.25) is 4.79 Å². The van der Waals surface area contributed by atoms with Crippen LogP contribution in [-0.4, -0.2) is 10.2 Å². The molecule has 3 nitrogen and oxygen atoms in total. The predicted octanol–water partition coefficient (Wildman–Crippen LogP) is 1.91. The molecule has 0 amide bonds. The first-order valence-corrected chi connectivity index (χ1v) is 4.88. The molecular formula is C10H11F3N2O. The molecule has 0 unspecified atom stereocenters. The van der Waals surface area contributed by atoms with Crippen molar-refractivity contribution in [1.29, 1.82) is 0 Å². The molecule has 1 heterocycles. The third-order valence-corrected chi connectivity index (χ3v) is 2.75. The number of halogens is 3. The van der Waals surface area contributed by atoms with E-state index in [0.717, 1.165) is 0 Å². The molecule has 1 aromatic heterocycles. The van der Waals surface area contributed by atoms with E-state index in [0.29, 0.717) is 12.1 Å². The van der Waals surface area contributed by atoms with Crippen molar-refractivity contribution >= 4 is 0 Å². The van der Waals surface area contributed by atoms with Crippen LogP contribution < -0.4 is 5.56 Å². The second kappa shape index (κ2) is 3.09. The Balaban J connectivity index is 2.65. The van der Waals surface area contributed by atoms with Crippen LogP contribution in [0.5, 0.6) is 0 Å². The lowest BCUT2D eigenvalue weighted by Gasteiger charge is -2.15. The maximum absolute atomic E-state index is 12.7. The number of H-pyrrole nitrogens is 1. The highest BCUT2D eigenvalue weighted by molar-refractivity contribution is 5.35. The van der Waals surface area contributed by atoms with Crippen LogP contribution in [0.4, 0.5) is 13.2 Å². The number of hydrogen-bond acceptors (Lipinski definition) is 2. The third-order valence-electron chi connectivity index (χ3n) is 2.75. The fraction of sp³-hybridized carbons (Fsp3) is 0.600. The largest absolute Gasteiger partial charge is 0.422 e. The van der Waals surface area contributed by atoms with Gasteiger partial charge in [-0.25, -0.2) is 5.10 Å². The minimum atomic E-state index is -4.61. The van der Waals surface area contributed by atoms with Crippen LogP contribution in [0.25, 0.3) is 0 Å². The first kappa shape index (κ1) is 11.2. The molecule has 1 aliphatic rings. The maximum atomic E-state index is 12.7. The monoisotopic (exact) mass is 232 g/mol. The third kappa shape index (κ3) is 1.72. The average molecular weight is 232 g/mol. The zero-order valence-corrected chi connectivity index (χ0v) is 8.90. The quantitative estimate of drug-likeness (QED) is 0.742. The average Bonchev–Trinajstić information content (AvgIpc) is 2.35. The normalized spacial score (nSPS) is 18.6. The number of fused-ring (bicyclic) bond motifs is 1. The highest BCUT2D eigenvalue weighted by Gasteiger charge is 2.42. The molecule has 1 aromatic rings. The summed E-state index contributed by atoms with van der Waals surface area (Å²) in [6, 6.07) is 0. The summed E-state index contributed by atoms with van der Waals surface area (Å²) in [6.07, 6.45) is -3.91. The van der Waals surface area contributed by atoms with E-state index in [2.05, 4.69) is 5.10 Å². The molecule has 0 atom stereocenters. The van der Waals surface area contributed by atoms with Gasteiger partial charge < -0.3 is 0 Å². The maximum Gasteiger partial charge on any atom is 0.422 e. The lowest BCUT2D eigenvalue weighted by Crippen LogP contribution is -2.25. The lowest BCUT2D eigenvalue weighted by molar-refractivity contribution is -0.139. The molecule has 0 aliphatic heterocycles.